The molecule has 3 heterocycles. The molecule has 0 spiro atoms. The van der Waals surface area contributed by atoms with Crippen LogP contribution in [0.3, 0.4) is 0 Å². The number of anilines is 2. The summed E-state index contributed by atoms with van der Waals surface area (Å²) in [5, 5.41) is 14.6. The predicted molar refractivity (Wildman–Crippen MR) is 178 cm³/mol. The largest absolute Gasteiger partial charge is 0.367 e. The molecule has 0 fully saturated rings. The molecule has 6 rings (SSSR count). The molecule has 0 saturated heterocycles. The summed E-state index contributed by atoms with van der Waals surface area (Å²) in [5.74, 6) is 1.27. The first-order chi connectivity index (χ1) is 20.9. The highest BCUT2D eigenvalue weighted by Gasteiger charge is 2.31. The number of aromatic nitrogens is 2. The fourth-order valence-corrected chi connectivity index (χ4v) is 6.08. The second-order valence-electron chi connectivity index (χ2n) is 12.0. The standard InChI is InChI=1S/C38H39N5/c1-5-7-8-13-35-42-24-30-23-41-34-19-14-27(29-21-28-11-9-10-12-33(28)40-22-29)20-26(6-2)36(34)37(30)43(35)32-17-15-31(16-18-32)38(3,4)25-39/h9-23,26,42H,5-8,24H2,1-4H3. The normalized spacial score (nSPS) is 17.1. The highest BCUT2D eigenvalue weighted by atomic mass is 15.3. The lowest BCUT2D eigenvalue weighted by atomic mass is 9.86. The fourth-order valence-electron chi connectivity index (χ4n) is 6.08. The van der Waals surface area contributed by atoms with Gasteiger partial charge in [-0.05, 0) is 80.7 Å². The van der Waals surface area contributed by atoms with Crippen molar-refractivity contribution in [1.29, 1.82) is 5.26 Å². The number of para-hydroxylation sites is 1. The summed E-state index contributed by atoms with van der Waals surface area (Å²) in [6.45, 7) is 9.15. The molecule has 0 amide bonds. The molecule has 5 heteroatoms. The van der Waals surface area contributed by atoms with E-state index in [0.717, 1.165) is 71.5 Å². The molecule has 4 aromatic rings. The zero-order valence-corrected chi connectivity index (χ0v) is 25.6. The quantitative estimate of drug-likeness (QED) is 0.226. The van der Waals surface area contributed by atoms with Crippen molar-refractivity contribution in [2.24, 2.45) is 0 Å². The topological polar surface area (TPSA) is 64.8 Å². The van der Waals surface area contributed by atoms with Gasteiger partial charge in [-0.1, -0.05) is 62.8 Å². The highest BCUT2D eigenvalue weighted by Crippen LogP contribution is 2.45. The fraction of sp³-hybridized carbons (Fsp3) is 0.289. The molecular weight excluding hydrogens is 526 g/mol. The molecule has 1 atom stereocenters. The molecule has 216 valence electrons. The van der Waals surface area contributed by atoms with Gasteiger partial charge in [-0.25, -0.2) is 0 Å². The Morgan fingerprint density at radius 1 is 1.05 bits per heavy atom. The van der Waals surface area contributed by atoms with Gasteiger partial charge in [0.15, 0.2) is 0 Å². The first-order valence-electron chi connectivity index (χ1n) is 15.5. The Kier molecular flexibility index (Phi) is 7.86. The summed E-state index contributed by atoms with van der Waals surface area (Å²) in [4.78, 5) is 12.1. The molecule has 1 aliphatic carbocycles. The van der Waals surface area contributed by atoms with Crippen molar-refractivity contribution in [1.82, 2.24) is 15.3 Å². The third-order valence-corrected chi connectivity index (χ3v) is 8.68. The predicted octanol–water partition coefficient (Wildman–Crippen LogP) is 9.31. The zero-order chi connectivity index (χ0) is 30.0. The van der Waals surface area contributed by atoms with Gasteiger partial charge in [-0.15, -0.1) is 0 Å². The summed E-state index contributed by atoms with van der Waals surface area (Å²) in [6.07, 6.45) is 17.4. The molecule has 2 aromatic heterocycles. The maximum absolute atomic E-state index is 9.73. The molecule has 0 bridgehead atoms. The number of hydrogen-bond acceptors (Lipinski definition) is 5. The van der Waals surface area contributed by atoms with Crippen molar-refractivity contribution in [3.8, 4) is 6.07 Å². The molecule has 1 N–H and O–H groups in total. The van der Waals surface area contributed by atoms with Gasteiger partial charge in [0, 0.05) is 52.6 Å². The monoisotopic (exact) mass is 565 g/mol. The van der Waals surface area contributed by atoms with Crippen molar-refractivity contribution < 1.29 is 0 Å². The third kappa shape index (κ3) is 5.46. The number of allylic oxidation sites excluding steroid dienone is 4. The Morgan fingerprint density at radius 3 is 2.63 bits per heavy atom. The van der Waals surface area contributed by atoms with Crippen LogP contribution in [0.15, 0.2) is 91.0 Å². The van der Waals surface area contributed by atoms with E-state index in [2.05, 4.69) is 103 Å². The van der Waals surface area contributed by atoms with E-state index in [4.69, 9.17) is 9.97 Å². The van der Waals surface area contributed by atoms with E-state index in [1.165, 1.54) is 22.4 Å². The molecule has 2 aliphatic rings. The Hall–Kier alpha value is -4.69. The zero-order valence-electron chi connectivity index (χ0n) is 25.6. The van der Waals surface area contributed by atoms with Gasteiger partial charge < -0.3 is 5.32 Å². The van der Waals surface area contributed by atoms with Crippen molar-refractivity contribution in [3.63, 3.8) is 0 Å². The minimum absolute atomic E-state index is 0.170. The molecule has 0 saturated carbocycles. The number of hydrogen-bond donors (Lipinski definition) is 1. The number of nitrogens with one attached hydrogen (secondary N) is 1. The number of nitrogens with zero attached hydrogens (tertiary/aromatic N) is 4. The maximum Gasteiger partial charge on any atom is 0.107 e. The van der Waals surface area contributed by atoms with E-state index in [0.29, 0.717) is 0 Å². The van der Waals surface area contributed by atoms with E-state index in [1.54, 1.807) is 0 Å². The number of nitriles is 1. The van der Waals surface area contributed by atoms with E-state index in [1.807, 2.05) is 32.3 Å². The molecule has 0 radical (unpaired) electrons. The summed E-state index contributed by atoms with van der Waals surface area (Å²) < 4.78 is 0. The average Bonchev–Trinajstić information content (AvgIpc) is 3.24. The number of fused-ring (bicyclic) bond motifs is 4. The van der Waals surface area contributed by atoms with Crippen LogP contribution >= 0.6 is 0 Å². The van der Waals surface area contributed by atoms with Crippen molar-refractivity contribution in [2.75, 3.05) is 4.90 Å². The van der Waals surface area contributed by atoms with Gasteiger partial charge in [0.2, 0.25) is 0 Å². The Labute approximate surface area is 255 Å². The van der Waals surface area contributed by atoms with Crippen LogP contribution in [0.4, 0.5) is 11.4 Å². The van der Waals surface area contributed by atoms with Gasteiger partial charge in [0.1, 0.15) is 5.82 Å². The van der Waals surface area contributed by atoms with Crippen LogP contribution in [0.1, 0.15) is 87.2 Å². The Balaban J connectivity index is 1.49. The first kappa shape index (κ1) is 28.4. The minimum atomic E-state index is -0.547. The van der Waals surface area contributed by atoms with Crippen molar-refractivity contribution in [2.45, 2.75) is 71.3 Å². The number of pyridine rings is 2. The molecule has 43 heavy (non-hydrogen) atoms. The summed E-state index contributed by atoms with van der Waals surface area (Å²) in [6, 6.07) is 21.4. The number of rotatable bonds is 7. The van der Waals surface area contributed by atoms with E-state index < -0.39 is 5.41 Å². The highest BCUT2D eigenvalue weighted by molar-refractivity contribution is 5.89. The second-order valence-corrected chi connectivity index (χ2v) is 12.0. The third-order valence-electron chi connectivity index (χ3n) is 8.68. The SMILES string of the molecule is CCCCC=C1NCc2cnc3c(c2N1c1ccc(C(C)(C)C#N)cc1)C(CC)C=C(c1cnc2ccccc2c1)C=C3. The van der Waals surface area contributed by atoms with Crippen LogP contribution in [-0.2, 0) is 12.0 Å². The van der Waals surface area contributed by atoms with Gasteiger partial charge >= 0.3 is 0 Å². The van der Waals surface area contributed by atoms with Gasteiger partial charge in [-0.3, -0.25) is 14.9 Å². The van der Waals surface area contributed by atoms with Gasteiger partial charge in [0.05, 0.1) is 28.4 Å². The number of benzene rings is 2. The Bertz CT molecular complexity index is 1790. The summed E-state index contributed by atoms with van der Waals surface area (Å²) >= 11 is 0. The summed E-state index contributed by atoms with van der Waals surface area (Å²) in [7, 11) is 0. The lowest BCUT2D eigenvalue weighted by Gasteiger charge is -2.38. The molecule has 1 aliphatic heterocycles. The van der Waals surface area contributed by atoms with Crippen molar-refractivity contribution >= 4 is 33.9 Å². The van der Waals surface area contributed by atoms with Crippen LogP contribution in [-0.4, -0.2) is 9.97 Å². The summed E-state index contributed by atoms with van der Waals surface area (Å²) in [5.41, 5.74) is 9.49. The first-order valence-corrected chi connectivity index (χ1v) is 15.5. The molecular formula is C38H39N5. The lowest BCUT2D eigenvalue weighted by Crippen LogP contribution is -2.35. The van der Waals surface area contributed by atoms with Crippen molar-refractivity contribution in [3.05, 3.63) is 119 Å². The van der Waals surface area contributed by atoms with Gasteiger partial charge in [-0.2, -0.15) is 5.26 Å². The van der Waals surface area contributed by atoms with Crippen LogP contribution in [0.5, 0.6) is 0 Å². The minimum Gasteiger partial charge on any atom is -0.367 e. The average molecular weight is 566 g/mol. The van der Waals surface area contributed by atoms with Gasteiger partial charge in [0.25, 0.3) is 0 Å². The maximum atomic E-state index is 9.73. The number of unbranched alkanes of at least 4 members (excludes halogenated alkanes) is 2. The Morgan fingerprint density at radius 2 is 1.86 bits per heavy atom. The van der Waals surface area contributed by atoms with Crippen LogP contribution in [0, 0.1) is 11.3 Å². The molecule has 5 nitrogen and oxygen atoms in total. The van der Waals surface area contributed by atoms with Crippen LogP contribution < -0.4 is 10.2 Å². The second kappa shape index (κ2) is 11.9. The van der Waals surface area contributed by atoms with Crippen LogP contribution in [0.25, 0.3) is 22.6 Å². The lowest BCUT2D eigenvalue weighted by molar-refractivity contribution is 0.686. The molecule has 1 unspecified atom stereocenters. The van der Waals surface area contributed by atoms with E-state index in [9.17, 15) is 5.26 Å². The van der Waals surface area contributed by atoms with E-state index in [-0.39, 0.29) is 5.92 Å². The smallest absolute Gasteiger partial charge is 0.107 e. The molecule has 2 aromatic carbocycles. The van der Waals surface area contributed by atoms with Crippen LogP contribution in [0.2, 0.25) is 0 Å². The van der Waals surface area contributed by atoms with E-state index >= 15 is 0 Å².